The van der Waals surface area contributed by atoms with Gasteiger partial charge in [0.05, 0.1) is 12.7 Å². The number of nitrogens with zero attached hydrogens (tertiary/aromatic N) is 1. The maximum absolute atomic E-state index is 5.75. The molecule has 1 aromatic carbocycles. The Morgan fingerprint density at radius 3 is 2.65 bits per heavy atom. The molecule has 1 aliphatic rings. The van der Waals surface area contributed by atoms with Gasteiger partial charge in [0.25, 0.3) is 0 Å². The SMILES string of the molecule is Cc1cccc(C)c1N(C)CC1CNCCO1. The van der Waals surface area contributed by atoms with E-state index in [0.29, 0.717) is 6.10 Å². The Morgan fingerprint density at radius 1 is 1.35 bits per heavy atom. The molecule has 1 N–H and O–H groups in total. The highest BCUT2D eigenvalue weighted by molar-refractivity contribution is 5.58. The second-order valence-corrected chi connectivity index (χ2v) is 4.82. The van der Waals surface area contributed by atoms with Crippen LogP contribution in [0.5, 0.6) is 0 Å². The van der Waals surface area contributed by atoms with Crippen molar-refractivity contribution in [3.05, 3.63) is 29.3 Å². The monoisotopic (exact) mass is 234 g/mol. The number of morpholine rings is 1. The number of hydrogen-bond donors (Lipinski definition) is 1. The summed E-state index contributed by atoms with van der Waals surface area (Å²) in [5, 5.41) is 3.37. The average Bonchev–Trinajstić information content (AvgIpc) is 2.30. The summed E-state index contributed by atoms with van der Waals surface area (Å²) >= 11 is 0. The third kappa shape index (κ3) is 2.99. The molecule has 1 unspecified atom stereocenters. The highest BCUT2D eigenvalue weighted by Crippen LogP contribution is 2.23. The predicted octanol–water partition coefficient (Wildman–Crippen LogP) is 1.73. The van der Waals surface area contributed by atoms with E-state index in [1.54, 1.807) is 0 Å². The van der Waals surface area contributed by atoms with E-state index in [2.05, 4.69) is 49.3 Å². The van der Waals surface area contributed by atoms with Crippen LogP contribution in [0.4, 0.5) is 5.69 Å². The topological polar surface area (TPSA) is 24.5 Å². The van der Waals surface area contributed by atoms with Crippen LogP contribution in [0, 0.1) is 13.8 Å². The maximum Gasteiger partial charge on any atom is 0.0874 e. The molecule has 1 fully saturated rings. The van der Waals surface area contributed by atoms with Crippen LogP contribution in [0.25, 0.3) is 0 Å². The number of nitrogens with one attached hydrogen (secondary N) is 1. The summed E-state index contributed by atoms with van der Waals surface area (Å²) in [6.45, 7) is 8.03. The third-order valence-corrected chi connectivity index (χ3v) is 3.30. The minimum absolute atomic E-state index is 0.299. The molecule has 0 bridgehead atoms. The van der Waals surface area contributed by atoms with Gasteiger partial charge in [-0.3, -0.25) is 0 Å². The summed E-state index contributed by atoms with van der Waals surface area (Å²) in [5.41, 5.74) is 3.99. The first-order valence-corrected chi connectivity index (χ1v) is 6.28. The van der Waals surface area contributed by atoms with Gasteiger partial charge in [-0.1, -0.05) is 18.2 Å². The number of hydrogen-bond acceptors (Lipinski definition) is 3. The van der Waals surface area contributed by atoms with Crippen LogP contribution in [0.2, 0.25) is 0 Å². The number of likely N-dealkylation sites (N-methyl/N-ethyl adjacent to an activating group) is 1. The lowest BCUT2D eigenvalue weighted by Crippen LogP contribution is -2.44. The van der Waals surface area contributed by atoms with Gasteiger partial charge in [-0.05, 0) is 25.0 Å². The molecule has 1 atom stereocenters. The van der Waals surface area contributed by atoms with Crippen molar-refractivity contribution in [2.75, 3.05) is 38.2 Å². The number of ether oxygens (including phenoxy) is 1. The van der Waals surface area contributed by atoms with E-state index in [1.165, 1.54) is 16.8 Å². The molecule has 1 aliphatic heterocycles. The van der Waals surface area contributed by atoms with E-state index in [9.17, 15) is 0 Å². The Bertz CT molecular complexity index is 352. The predicted molar refractivity (Wildman–Crippen MR) is 71.8 cm³/mol. The van der Waals surface area contributed by atoms with E-state index < -0.39 is 0 Å². The van der Waals surface area contributed by atoms with Crippen molar-refractivity contribution in [1.82, 2.24) is 5.32 Å². The molecule has 0 aromatic heterocycles. The molecule has 1 saturated heterocycles. The molecule has 2 rings (SSSR count). The molecule has 3 nitrogen and oxygen atoms in total. The second-order valence-electron chi connectivity index (χ2n) is 4.82. The van der Waals surface area contributed by atoms with Crippen LogP contribution in [0.3, 0.4) is 0 Å². The van der Waals surface area contributed by atoms with E-state index in [-0.39, 0.29) is 0 Å². The summed E-state index contributed by atoms with van der Waals surface area (Å²) in [6.07, 6.45) is 0.299. The van der Waals surface area contributed by atoms with Crippen LogP contribution >= 0.6 is 0 Å². The molecule has 1 aromatic rings. The molecule has 17 heavy (non-hydrogen) atoms. The van der Waals surface area contributed by atoms with Gasteiger partial charge < -0.3 is 15.0 Å². The van der Waals surface area contributed by atoms with Crippen LogP contribution in [-0.2, 0) is 4.74 Å². The van der Waals surface area contributed by atoms with Crippen molar-refractivity contribution in [2.45, 2.75) is 20.0 Å². The van der Waals surface area contributed by atoms with Crippen molar-refractivity contribution in [3.63, 3.8) is 0 Å². The van der Waals surface area contributed by atoms with Crippen LogP contribution in [0.1, 0.15) is 11.1 Å². The van der Waals surface area contributed by atoms with Crippen molar-refractivity contribution in [1.29, 1.82) is 0 Å². The molecule has 94 valence electrons. The summed E-state index contributed by atoms with van der Waals surface area (Å²) in [6, 6.07) is 6.44. The van der Waals surface area contributed by atoms with Gasteiger partial charge in [0.1, 0.15) is 0 Å². The molecule has 0 radical (unpaired) electrons. The third-order valence-electron chi connectivity index (χ3n) is 3.30. The second kappa shape index (κ2) is 5.52. The van der Waals surface area contributed by atoms with Gasteiger partial charge in [0.15, 0.2) is 0 Å². The Hall–Kier alpha value is -1.06. The lowest BCUT2D eigenvalue weighted by molar-refractivity contribution is 0.0340. The fraction of sp³-hybridized carbons (Fsp3) is 0.571. The van der Waals surface area contributed by atoms with Crippen molar-refractivity contribution >= 4 is 5.69 Å². The summed E-state index contributed by atoms with van der Waals surface area (Å²) in [4.78, 5) is 2.31. The maximum atomic E-state index is 5.75. The molecule has 1 heterocycles. The smallest absolute Gasteiger partial charge is 0.0874 e. The van der Waals surface area contributed by atoms with Crippen molar-refractivity contribution in [2.24, 2.45) is 0 Å². The highest BCUT2D eigenvalue weighted by Gasteiger charge is 2.17. The van der Waals surface area contributed by atoms with Crippen molar-refractivity contribution in [3.8, 4) is 0 Å². The van der Waals surface area contributed by atoms with E-state index in [1.807, 2.05) is 0 Å². The van der Waals surface area contributed by atoms with Gasteiger partial charge in [-0.2, -0.15) is 0 Å². The van der Waals surface area contributed by atoms with Gasteiger partial charge in [0, 0.05) is 32.4 Å². The average molecular weight is 234 g/mol. The number of para-hydroxylation sites is 1. The Morgan fingerprint density at radius 2 is 2.06 bits per heavy atom. The Labute approximate surface area is 104 Å². The van der Waals surface area contributed by atoms with E-state index in [0.717, 1.165) is 26.2 Å². The van der Waals surface area contributed by atoms with Crippen LogP contribution in [0.15, 0.2) is 18.2 Å². The normalized spacial score (nSPS) is 20.3. The van der Waals surface area contributed by atoms with Crippen LogP contribution in [-0.4, -0.2) is 39.4 Å². The zero-order valence-electron chi connectivity index (χ0n) is 11.0. The lowest BCUT2D eigenvalue weighted by Gasteiger charge is -2.30. The molecular weight excluding hydrogens is 212 g/mol. The minimum Gasteiger partial charge on any atom is -0.374 e. The zero-order valence-corrected chi connectivity index (χ0v) is 11.0. The molecular formula is C14H22N2O. The first-order chi connectivity index (χ1) is 8.18. The van der Waals surface area contributed by atoms with Gasteiger partial charge in [-0.15, -0.1) is 0 Å². The summed E-state index contributed by atoms with van der Waals surface area (Å²) < 4.78 is 5.75. The molecule has 0 spiro atoms. The fourth-order valence-electron chi connectivity index (χ4n) is 2.54. The largest absolute Gasteiger partial charge is 0.374 e. The van der Waals surface area contributed by atoms with Crippen molar-refractivity contribution < 1.29 is 4.74 Å². The highest BCUT2D eigenvalue weighted by atomic mass is 16.5. The van der Waals surface area contributed by atoms with Gasteiger partial charge in [0.2, 0.25) is 0 Å². The van der Waals surface area contributed by atoms with E-state index >= 15 is 0 Å². The quantitative estimate of drug-likeness (QED) is 0.862. The standard InChI is InChI=1S/C14H22N2O/c1-11-5-4-6-12(2)14(11)16(3)10-13-9-15-7-8-17-13/h4-6,13,15H,7-10H2,1-3H3. The number of aryl methyl sites for hydroxylation is 2. The number of benzene rings is 1. The first-order valence-electron chi connectivity index (χ1n) is 6.28. The number of rotatable bonds is 3. The fourth-order valence-corrected chi connectivity index (χ4v) is 2.54. The molecule has 3 heteroatoms. The van der Waals surface area contributed by atoms with Gasteiger partial charge >= 0.3 is 0 Å². The van der Waals surface area contributed by atoms with Gasteiger partial charge in [-0.25, -0.2) is 0 Å². The van der Waals surface area contributed by atoms with E-state index in [4.69, 9.17) is 4.74 Å². The minimum atomic E-state index is 0.299. The van der Waals surface area contributed by atoms with Crippen LogP contribution < -0.4 is 10.2 Å². The molecule has 0 aliphatic carbocycles. The lowest BCUT2D eigenvalue weighted by atomic mass is 10.1. The summed E-state index contributed by atoms with van der Waals surface area (Å²) in [5.74, 6) is 0. The summed E-state index contributed by atoms with van der Waals surface area (Å²) in [7, 11) is 2.15. The Balaban J connectivity index is 2.05. The zero-order chi connectivity index (χ0) is 12.3. The molecule has 0 saturated carbocycles. The Kier molecular flexibility index (Phi) is 4.02. The number of anilines is 1. The first kappa shape index (κ1) is 12.4. The molecule has 0 amide bonds.